The lowest BCUT2D eigenvalue weighted by Crippen LogP contribution is -1.98. The van der Waals surface area contributed by atoms with Crippen molar-refractivity contribution in [2.75, 3.05) is 6.61 Å². The largest absolute Gasteiger partial charge is 0.493 e. The molecule has 0 saturated carbocycles. The van der Waals surface area contributed by atoms with Crippen molar-refractivity contribution in [3.8, 4) is 5.75 Å². The van der Waals surface area contributed by atoms with Gasteiger partial charge in [-0.25, -0.2) is 0 Å². The van der Waals surface area contributed by atoms with Gasteiger partial charge in [-0.05, 0) is 29.3 Å². The second-order valence-corrected chi connectivity index (χ2v) is 4.99. The Morgan fingerprint density at radius 2 is 2.22 bits per heavy atom. The van der Waals surface area contributed by atoms with E-state index >= 15 is 0 Å². The number of hydrogen-bond acceptors (Lipinski definition) is 2. The molecule has 3 rings (SSSR count). The van der Waals surface area contributed by atoms with Crippen LogP contribution < -0.4 is 4.74 Å². The first kappa shape index (κ1) is 11.5. The minimum atomic E-state index is -0.0363. The number of pyridine rings is 1. The molecule has 0 spiro atoms. The van der Waals surface area contributed by atoms with Gasteiger partial charge in [-0.2, -0.15) is 0 Å². The fourth-order valence-corrected chi connectivity index (χ4v) is 2.52. The summed E-state index contributed by atoms with van der Waals surface area (Å²) in [5.74, 6) is 1.00. The Balaban J connectivity index is 1.78. The van der Waals surface area contributed by atoms with Gasteiger partial charge in [0.1, 0.15) is 5.75 Å². The molecule has 1 aliphatic heterocycles. The zero-order chi connectivity index (χ0) is 12.4. The predicted molar refractivity (Wildman–Crippen MR) is 72.2 cm³/mol. The second kappa shape index (κ2) is 4.99. The molecule has 0 fully saturated rings. The smallest absolute Gasteiger partial charge is 0.122 e. The highest BCUT2D eigenvalue weighted by Crippen LogP contribution is 2.31. The third kappa shape index (κ3) is 2.34. The van der Waals surface area contributed by atoms with Gasteiger partial charge in [0, 0.05) is 24.7 Å². The second-order valence-electron chi connectivity index (χ2n) is 4.46. The summed E-state index contributed by atoms with van der Waals surface area (Å²) in [6, 6.07) is 12.1. The summed E-state index contributed by atoms with van der Waals surface area (Å²) in [5.41, 5.74) is 3.43. The van der Waals surface area contributed by atoms with Gasteiger partial charge < -0.3 is 4.74 Å². The van der Waals surface area contributed by atoms with Crippen LogP contribution in [0.4, 0.5) is 0 Å². The van der Waals surface area contributed by atoms with Crippen molar-refractivity contribution in [1.29, 1.82) is 0 Å². The van der Waals surface area contributed by atoms with Gasteiger partial charge in [0.15, 0.2) is 0 Å². The maximum absolute atomic E-state index is 6.46. The zero-order valence-corrected chi connectivity index (χ0v) is 10.7. The van der Waals surface area contributed by atoms with Crippen LogP contribution in [0.15, 0.2) is 42.6 Å². The van der Waals surface area contributed by atoms with Crippen LogP contribution in [0, 0.1) is 0 Å². The Morgan fingerprint density at radius 1 is 1.28 bits per heavy atom. The van der Waals surface area contributed by atoms with E-state index in [2.05, 4.69) is 11.1 Å². The lowest BCUT2D eigenvalue weighted by Gasteiger charge is -2.10. The highest BCUT2D eigenvalue weighted by atomic mass is 35.5. The first-order valence-electron chi connectivity index (χ1n) is 6.12. The number of halogens is 1. The number of fused-ring (bicyclic) bond motifs is 1. The van der Waals surface area contributed by atoms with Gasteiger partial charge in [0.05, 0.1) is 12.0 Å². The molecule has 1 unspecified atom stereocenters. The highest BCUT2D eigenvalue weighted by molar-refractivity contribution is 6.20. The van der Waals surface area contributed by atoms with Crippen molar-refractivity contribution in [2.24, 2.45) is 0 Å². The molecule has 2 nitrogen and oxygen atoms in total. The van der Waals surface area contributed by atoms with E-state index in [0.717, 1.165) is 36.5 Å². The van der Waals surface area contributed by atoms with E-state index in [4.69, 9.17) is 16.3 Å². The minimum Gasteiger partial charge on any atom is -0.493 e. The maximum Gasteiger partial charge on any atom is 0.122 e. The van der Waals surface area contributed by atoms with E-state index in [0.29, 0.717) is 0 Å². The van der Waals surface area contributed by atoms with Crippen LogP contribution in [0.25, 0.3) is 0 Å². The summed E-state index contributed by atoms with van der Waals surface area (Å²) in [6.45, 7) is 0.784. The van der Waals surface area contributed by atoms with Gasteiger partial charge >= 0.3 is 0 Å². The van der Waals surface area contributed by atoms with Crippen LogP contribution >= 0.6 is 11.6 Å². The summed E-state index contributed by atoms with van der Waals surface area (Å²) in [6.07, 6.45) is 3.54. The Bertz CT molecular complexity index is 541. The Kier molecular flexibility index (Phi) is 3.20. The molecule has 0 bridgehead atoms. The molecule has 2 heterocycles. The number of ether oxygens (including phenoxy) is 1. The predicted octanol–water partition coefficient (Wildman–Crippen LogP) is 3.54. The summed E-state index contributed by atoms with van der Waals surface area (Å²) < 4.78 is 5.50. The van der Waals surface area contributed by atoms with E-state index in [9.17, 15) is 0 Å². The Hall–Kier alpha value is -1.54. The maximum atomic E-state index is 6.46. The van der Waals surface area contributed by atoms with Crippen molar-refractivity contribution in [1.82, 2.24) is 4.98 Å². The molecule has 1 aromatic carbocycles. The summed E-state index contributed by atoms with van der Waals surface area (Å²) in [4.78, 5) is 4.31. The zero-order valence-electron chi connectivity index (χ0n) is 9.97. The molecule has 0 radical (unpaired) electrons. The molecule has 92 valence electrons. The molecule has 0 saturated heterocycles. The number of benzene rings is 1. The van der Waals surface area contributed by atoms with Gasteiger partial charge in [-0.1, -0.05) is 18.2 Å². The molecule has 1 aromatic heterocycles. The monoisotopic (exact) mass is 259 g/mol. The van der Waals surface area contributed by atoms with Crippen LogP contribution in [-0.4, -0.2) is 11.6 Å². The molecule has 0 amide bonds. The first-order valence-corrected chi connectivity index (χ1v) is 6.56. The van der Waals surface area contributed by atoms with Crippen LogP contribution in [0.1, 0.15) is 22.2 Å². The number of alkyl halides is 1. The van der Waals surface area contributed by atoms with Gasteiger partial charge in [0.2, 0.25) is 0 Å². The summed E-state index contributed by atoms with van der Waals surface area (Å²) in [5, 5.41) is -0.0363. The molecule has 0 N–H and O–H groups in total. The number of hydrogen-bond donors (Lipinski definition) is 0. The number of aromatic nitrogens is 1. The molecule has 1 atom stereocenters. The molecule has 1 aliphatic rings. The molecule has 2 aromatic rings. The topological polar surface area (TPSA) is 22.1 Å². The van der Waals surface area contributed by atoms with Gasteiger partial charge in [0.25, 0.3) is 0 Å². The third-order valence-corrected chi connectivity index (χ3v) is 3.60. The molecular formula is C15H14ClNO. The van der Waals surface area contributed by atoms with Crippen molar-refractivity contribution in [3.63, 3.8) is 0 Å². The third-order valence-electron chi connectivity index (χ3n) is 3.19. The fraction of sp³-hybridized carbons (Fsp3) is 0.267. The lowest BCUT2D eigenvalue weighted by molar-refractivity contribution is 0.357. The van der Waals surface area contributed by atoms with Crippen molar-refractivity contribution in [3.05, 3.63) is 59.4 Å². The Morgan fingerprint density at radius 3 is 3.06 bits per heavy atom. The van der Waals surface area contributed by atoms with E-state index < -0.39 is 0 Å². The van der Waals surface area contributed by atoms with Gasteiger partial charge in [-0.15, -0.1) is 11.6 Å². The molecule has 0 aliphatic carbocycles. The number of nitrogens with zero attached hydrogens (tertiary/aromatic N) is 1. The molecular weight excluding hydrogens is 246 g/mol. The highest BCUT2D eigenvalue weighted by Gasteiger charge is 2.16. The van der Waals surface area contributed by atoms with E-state index in [1.807, 2.05) is 30.3 Å². The average Bonchev–Trinajstić information content (AvgIpc) is 2.87. The minimum absolute atomic E-state index is 0.0363. The van der Waals surface area contributed by atoms with Crippen molar-refractivity contribution < 1.29 is 4.74 Å². The van der Waals surface area contributed by atoms with Crippen LogP contribution in [0.3, 0.4) is 0 Å². The average molecular weight is 260 g/mol. The summed E-state index contributed by atoms with van der Waals surface area (Å²) >= 11 is 6.46. The summed E-state index contributed by atoms with van der Waals surface area (Å²) in [7, 11) is 0. The fourth-order valence-electron chi connectivity index (χ4n) is 2.22. The standard InChI is InChI=1S/C15H14ClNO/c16-14(10-13-3-1-2-7-17-13)11-4-5-15-12(9-11)6-8-18-15/h1-5,7,9,14H,6,8,10H2. The first-order chi connectivity index (χ1) is 8.83. The van der Waals surface area contributed by atoms with Gasteiger partial charge in [-0.3, -0.25) is 4.98 Å². The lowest BCUT2D eigenvalue weighted by atomic mass is 10.0. The SMILES string of the molecule is ClC(Cc1ccccn1)c1ccc2c(c1)CCO2. The van der Waals surface area contributed by atoms with Crippen molar-refractivity contribution in [2.45, 2.75) is 18.2 Å². The molecule has 18 heavy (non-hydrogen) atoms. The Labute approximate surface area is 112 Å². The van der Waals surface area contributed by atoms with E-state index in [-0.39, 0.29) is 5.38 Å². The van der Waals surface area contributed by atoms with Crippen molar-refractivity contribution >= 4 is 11.6 Å². The van der Waals surface area contributed by atoms with E-state index in [1.54, 1.807) is 6.20 Å². The number of rotatable bonds is 3. The molecule has 3 heteroatoms. The van der Waals surface area contributed by atoms with Crippen LogP contribution in [0.5, 0.6) is 5.75 Å². The van der Waals surface area contributed by atoms with Crippen LogP contribution in [0.2, 0.25) is 0 Å². The van der Waals surface area contributed by atoms with Crippen LogP contribution in [-0.2, 0) is 12.8 Å². The van der Waals surface area contributed by atoms with E-state index in [1.165, 1.54) is 5.56 Å². The normalized spacial score (nSPS) is 14.9. The quantitative estimate of drug-likeness (QED) is 0.787.